The highest BCUT2D eigenvalue weighted by molar-refractivity contribution is 6.00. The normalized spacial score (nSPS) is 24.5. The summed E-state index contributed by atoms with van der Waals surface area (Å²) in [7, 11) is 1.71. The van der Waals surface area contributed by atoms with Gasteiger partial charge in [-0.2, -0.15) is 9.61 Å². The lowest BCUT2D eigenvalue weighted by molar-refractivity contribution is 0.0935. The number of nitrogens with one attached hydrogen (secondary N) is 3. The molecule has 32 heavy (non-hydrogen) atoms. The summed E-state index contributed by atoms with van der Waals surface area (Å²) in [5.74, 6) is 0.584. The summed E-state index contributed by atoms with van der Waals surface area (Å²) in [6, 6.07) is 4.43. The van der Waals surface area contributed by atoms with Crippen molar-refractivity contribution in [3.8, 4) is 0 Å². The molecule has 3 heterocycles. The van der Waals surface area contributed by atoms with Gasteiger partial charge in [-0.1, -0.05) is 0 Å². The highest BCUT2D eigenvalue weighted by atomic mass is 19.1. The second-order valence-corrected chi connectivity index (χ2v) is 8.29. The molecule has 11 heteroatoms. The van der Waals surface area contributed by atoms with Crippen molar-refractivity contribution in [3.05, 3.63) is 46.5 Å². The van der Waals surface area contributed by atoms with E-state index in [4.69, 9.17) is 0 Å². The zero-order valence-corrected chi connectivity index (χ0v) is 17.5. The van der Waals surface area contributed by atoms with E-state index in [1.54, 1.807) is 31.4 Å². The van der Waals surface area contributed by atoms with E-state index in [-0.39, 0.29) is 28.8 Å². The van der Waals surface area contributed by atoms with Gasteiger partial charge in [-0.25, -0.2) is 9.37 Å². The van der Waals surface area contributed by atoms with Crippen LogP contribution >= 0.6 is 0 Å². The predicted molar refractivity (Wildman–Crippen MR) is 116 cm³/mol. The minimum Gasteiger partial charge on any atom is -0.393 e. The summed E-state index contributed by atoms with van der Waals surface area (Å²) in [6.07, 6.45) is 3.86. The van der Waals surface area contributed by atoms with Crippen molar-refractivity contribution in [3.63, 3.8) is 0 Å². The Labute approximate surface area is 182 Å². The number of aliphatic hydroxyl groups excluding tert-OH is 1. The number of carbonyl (C=O) groups excluding carboxylic acids is 1. The summed E-state index contributed by atoms with van der Waals surface area (Å²) in [6.45, 7) is 0. The minimum absolute atomic E-state index is 0.0953. The van der Waals surface area contributed by atoms with Crippen molar-refractivity contribution in [2.45, 2.75) is 50.0 Å². The van der Waals surface area contributed by atoms with E-state index in [0.29, 0.717) is 36.5 Å². The zero-order chi connectivity index (χ0) is 22.4. The number of anilines is 3. The van der Waals surface area contributed by atoms with Crippen LogP contribution < -0.4 is 21.5 Å². The molecule has 0 bridgehead atoms. The Balaban J connectivity index is 1.46. The molecule has 0 saturated heterocycles. The SMILES string of the molecule is CNc1cc(Nc2cccn(C3C[C@H]3F)c2=O)nc2c(C(=O)NC3CC[C@@H](O)C3)cnn12. The van der Waals surface area contributed by atoms with Crippen LogP contribution in [0.3, 0.4) is 0 Å². The van der Waals surface area contributed by atoms with Crippen LogP contribution in [0.5, 0.6) is 0 Å². The number of carbonyl (C=O) groups is 1. The fraction of sp³-hybridized carbons (Fsp3) is 0.429. The van der Waals surface area contributed by atoms with Gasteiger partial charge in [0.1, 0.15) is 29.1 Å². The van der Waals surface area contributed by atoms with Crippen LogP contribution in [-0.4, -0.2) is 55.5 Å². The van der Waals surface area contributed by atoms with Gasteiger partial charge in [0.05, 0.1) is 18.3 Å². The number of halogens is 1. The fourth-order valence-corrected chi connectivity index (χ4v) is 4.16. The number of amides is 1. The van der Waals surface area contributed by atoms with Crippen LogP contribution in [0.4, 0.5) is 21.7 Å². The van der Waals surface area contributed by atoms with E-state index in [0.717, 1.165) is 6.42 Å². The van der Waals surface area contributed by atoms with E-state index in [2.05, 4.69) is 26.0 Å². The fourth-order valence-electron chi connectivity index (χ4n) is 4.16. The van der Waals surface area contributed by atoms with Crippen LogP contribution in [0.2, 0.25) is 0 Å². The quantitative estimate of drug-likeness (QED) is 0.458. The summed E-state index contributed by atoms with van der Waals surface area (Å²) < 4.78 is 16.4. The maximum atomic E-state index is 13.5. The van der Waals surface area contributed by atoms with Crippen molar-refractivity contribution >= 4 is 28.9 Å². The van der Waals surface area contributed by atoms with Crippen LogP contribution in [0, 0.1) is 0 Å². The molecule has 2 unspecified atom stereocenters. The molecule has 4 N–H and O–H groups in total. The van der Waals surface area contributed by atoms with Crippen molar-refractivity contribution in [1.29, 1.82) is 0 Å². The number of aromatic nitrogens is 4. The van der Waals surface area contributed by atoms with Crippen molar-refractivity contribution < 1.29 is 14.3 Å². The topological polar surface area (TPSA) is 126 Å². The largest absolute Gasteiger partial charge is 0.393 e. The summed E-state index contributed by atoms with van der Waals surface area (Å²) in [5, 5.41) is 22.9. The molecule has 2 saturated carbocycles. The minimum atomic E-state index is -0.998. The Morgan fingerprint density at radius 2 is 2.12 bits per heavy atom. The van der Waals surface area contributed by atoms with Crippen molar-refractivity contribution in [2.24, 2.45) is 0 Å². The molecule has 0 aromatic carbocycles. The number of fused-ring (bicyclic) bond motifs is 1. The van der Waals surface area contributed by atoms with Gasteiger partial charge in [0.2, 0.25) is 0 Å². The summed E-state index contributed by atoms with van der Waals surface area (Å²) in [5.41, 5.74) is 0.528. The first-order chi connectivity index (χ1) is 15.4. The monoisotopic (exact) mass is 441 g/mol. The number of aliphatic hydroxyl groups is 1. The Bertz CT molecular complexity index is 1240. The van der Waals surface area contributed by atoms with Gasteiger partial charge in [-0.05, 0) is 31.4 Å². The molecule has 168 valence electrons. The molecule has 3 aromatic heterocycles. The third-order valence-corrected chi connectivity index (χ3v) is 5.99. The van der Waals surface area contributed by atoms with Gasteiger partial charge in [-0.15, -0.1) is 0 Å². The van der Waals surface area contributed by atoms with Crippen LogP contribution in [0.15, 0.2) is 35.4 Å². The average molecular weight is 441 g/mol. The number of nitrogens with zero attached hydrogens (tertiary/aromatic N) is 4. The third kappa shape index (κ3) is 3.68. The molecule has 0 radical (unpaired) electrons. The number of hydrogen-bond donors (Lipinski definition) is 4. The lowest BCUT2D eigenvalue weighted by Gasteiger charge is -2.13. The standard InChI is InChI=1S/C21H24FN7O3/c1-23-18-9-17(26-15-3-2-6-28(21(15)32)16-8-14(16)22)27-19-13(10-24-29(18)19)20(31)25-11-4-5-12(30)7-11/h2-3,6,9-12,14,16,23,30H,4-5,7-8H2,1H3,(H,25,31)(H,26,27)/t11?,12-,14-,16?/m1/s1. The molecular formula is C21H24FN7O3. The molecule has 10 nitrogen and oxygen atoms in total. The molecule has 3 aromatic rings. The smallest absolute Gasteiger partial charge is 0.274 e. The van der Waals surface area contributed by atoms with Gasteiger partial charge in [0.15, 0.2) is 5.65 Å². The molecule has 0 spiro atoms. The zero-order valence-electron chi connectivity index (χ0n) is 17.5. The molecule has 2 aliphatic carbocycles. The van der Waals surface area contributed by atoms with Gasteiger partial charge in [0.25, 0.3) is 11.5 Å². The molecule has 1 amide bonds. The first kappa shape index (κ1) is 20.4. The van der Waals surface area contributed by atoms with Crippen LogP contribution in [-0.2, 0) is 0 Å². The maximum absolute atomic E-state index is 13.5. The third-order valence-electron chi connectivity index (χ3n) is 5.99. The van der Waals surface area contributed by atoms with Gasteiger partial charge in [0, 0.05) is 31.8 Å². The second kappa shape index (κ2) is 7.90. The predicted octanol–water partition coefficient (Wildman–Crippen LogP) is 1.60. The van der Waals surface area contributed by atoms with Gasteiger partial charge < -0.3 is 25.6 Å². The highest BCUT2D eigenvalue weighted by Crippen LogP contribution is 2.37. The first-order valence-corrected chi connectivity index (χ1v) is 10.6. The summed E-state index contributed by atoms with van der Waals surface area (Å²) in [4.78, 5) is 30.1. The molecule has 4 atom stereocenters. The Morgan fingerprint density at radius 1 is 1.31 bits per heavy atom. The number of rotatable bonds is 6. The molecular weight excluding hydrogens is 417 g/mol. The van der Waals surface area contributed by atoms with Gasteiger partial charge in [-0.3, -0.25) is 9.59 Å². The maximum Gasteiger partial charge on any atom is 0.274 e. The van der Waals surface area contributed by atoms with Crippen LogP contribution in [0.1, 0.15) is 42.1 Å². The molecule has 2 fully saturated rings. The molecule has 2 aliphatic rings. The summed E-state index contributed by atoms with van der Waals surface area (Å²) >= 11 is 0. The van der Waals surface area contributed by atoms with E-state index in [1.165, 1.54) is 15.3 Å². The second-order valence-electron chi connectivity index (χ2n) is 8.29. The lowest BCUT2D eigenvalue weighted by atomic mass is 10.2. The van der Waals surface area contributed by atoms with E-state index >= 15 is 0 Å². The average Bonchev–Trinajstić information content (AvgIpc) is 3.14. The molecule has 0 aliphatic heterocycles. The Kier molecular flexibility index (Phi) is 5.04. The van der Waals surface area contributed by atoms with Crippen molar-refractivity contribution in [2.75, 3.05) is 17.7 Å². The number of pyridine rings is 1. The Morgan fingerprint density at radius 3 is 2.81 bits per heavy atom. The number of hydrogen-bond acceptors (Lipinski definition) is 7. The van der Waals surface area contributed by atoms with Crippen LogP contribution in [0.25, 0.3) is 5.65 Å². The van der Waals surface area contributed by atoms with Gasteiger partial charge >= 0.3 is 0 Å². The van der Waals surface area contributed by atoms with E-state index in [1.807, 2.05) is 0 Å². The first-order valence-electron chi connectivity index (χ1n) is 10.6. The number of alkyl halides is 1. The Hall–Kier alpha value is -3.47. The molecule has 5 rings (SSSR count). The van der Waals surface area contributed by atoms with Crippen molar-refractivity contribution in [1.82, 2.24) is 24.5 Å². The lowest BCUT2D eigenvalue weighted by Crippen LogP contribution is -2.33. The van der Waals surface area contributed by atoms with E-state index < -0.39 is 18.3 Å². The van der Waals surface area contributed by atoms with E-state index in [9.17, 15) is 19.1 Å². The highest BCUT2D eigenvalue weighted by Gasteiger charge is 2.39.